The summed E-state index contributed by atoms with van der Waals surface area (Å²) in [5.41, 5.74) is 2.86. The molecule has 6 heteroatoms. The van der Waals surface area contributed by atoms with Crippen LogP contribution in [0.1, 0.15) is 24.3 Å². The van der Waals surface area contributed by atoms with Crippen molar-refractivity contribution in [2.75, 3.05) is 13.1 Å². The quantitative estimate of drug-likeness (QED) is 0.658. The van der Waals surface area contributed by atoms with Crippen LogP contribution in [0.15, 0.2) is 60.7 Å². The van der Waals surface area contributed by atoms with Gasteiger partial charge in [-0.05, 0) is 32.0 Å². The highest BCUT2D eigenvalue weighted by Gasteiger charge is 2.29. The maximum Gasteiger partial charge on any atom is 0.272 e. The molecule has 2 unspecified atom stereocenters. The number of morpholine rings is 1. The van der Waals surface area contributed by atoms with Gasteiger partial charge in [-0.15, -0.1) is 0 Å². The van der Waals surface area contributed by atoms with E-state index >= 15 is 0 Å². The maximum absolute atomic E-state index is 13.4. The van der Waals surface area contributed by atoms with E-state index in [1.54, 1.807) is 10.7 Å². The minimum Gasteiger partial charge on any atom is -0.372 e. The van der Waals surface area contributed by atoms with Crippen LogP contribution in [0.4, 0.5) is 0 Å². The van der Waals surface area contributed by atoms with E-state index in [0.29, 0.717) is 29.5 Å². The molecule has 0 radical (unpaired) electrons. The highest BCUT2D eigenvalue weighted by atomic mass is 35.5. The number of hydrogen-bond donors (Lipinski definition) is 0. The molecule has 3 aromatic rings. The van der Waals surface area contributed by atoms with Crippen LogP contribution >= 0.6 is 11.6 Å². The van der Waals surface area contributed by atoms with Gasteiger partial charge in [-0.2, -0.15) is 5.10 Å². The highest BCUT2D eigenvalue weighted by Crippen LogP contribution is 2.27. The van der Waals surface area contributed by atoms with E-state index in [-0.39, 0.29) is 18.1 Å². The minimum absolute atomic E-state index is 0.00187. The Morgan fingerprint density at radius 3 is 2.36 bits per heavy atom. The number of halogens is 1. The summed E-state index contributed by atoms with van der Waals surface area (Å²) in [5.74, 6) is -0.0726. The Morgan fingerprint density at radius 2 is 1.68 bits per heavy atom. The van der Waals surface area contributed by atoms with Crippen molar-refractivity contribution < 1.29 is 9.53 Å². The summed E-state index contributed by atoms with van der Waals surface area (Å²) in [6.07, 6.45) is -0.00374. The lowest BCUT2D eigenvalue weighted by Crippen LogP contribution is -2.48. The summed E-state index contributed by atoms with van der Waals surface area (Å²) in [7, 11) is 0. The van der Waals surface area contributed by atoms with Gasteiger partial charge in [-0.25, -0.2) is 4.68 Å². The number of carbonyl (C=O) groups excluding carboxylic acids is 1. The zero-order valence-corrected chi connectivity index (χ0v) is 16.6. The van der Waals surface area contributed by atoms with E-state index in [1.165, 1.54) is 0 Å². The predicted octanol–water partition coefficient (Wildman–Crippen LogP) is 4.44. The van der Waals surface area contributed by atoms with E-state index in [9.17, 15) is 4.79 Å². The van der Waals surface area contributed by atoms with Gasteiger partial charge in [0, 0.05) is 18.7 Å². The number of amides is 1. The zero-order valence-electron chi connectivity index (χ0n) is 15.9. The van der Waals surface area contributed by atoms with Gasteiger partial charge in [0.05, 0.1) is 28.6 Å². The van der Waals surface area contributed by atoms with Crippen molar-refractivity contribution in [3.63, 3.8) is 0 Å². The number of hydrogen-bond acceptors (Lipinski definition) is 3. The molecule has 1 aliphatic rings. The van der Waals surface area contributed by atoms with Crippen molar-refractivity contribution in [1.29, 1.82) is 0 Å². The van der Waals surface area contributed by atoms with Crippen LogP contribution in [0, 0.1) is 0 Å². The molecule has 5 nitrogen and oxygen atoms in total. The van der Waals surface area contributed by atoms with Crippen molar-refractivity contribution in [2.45, 2.75) is 26.1 Å². The van der Waals surface area contributed by atoms with Crippen LogP contribution in [0.25, 0.3) is 16.9 Å². The fourth-order valence-electron chi connectivity index (χ4n) is 3.60. The number of nitrogens with zero attached hydrogens (tertiary/aromatic N) is 3. The third kappa shape index (κ3) is 3.68. The molecule has 28 heavy (non-hydrogen) atoms. The molecule has 2 heterocycles. The second-order valence-corrected chi connectivity index (χ2v) is 7.52. The lowest BCUT2D eigenvalue weighted by molar-refractivity contribution is -0.0588. The second kappa shape index (κ2) is 7.78. The summed E-state index contributed by atoms with van der Waals surface area (Å²) in [5, 5.41) is 5.26. The Labute approximate surface area is 169 Å². The Bertz CT molecular complexity index is 976. The molecule has 1 aliphatic heterocycles. The van der Waals surface area contributed by atoms with Gasteiger partial charge in [0.25, 0.3) is 5.91 Å². The van der Waals surface area contributed by atoms with Crippen molar-refractivity contribution in [1.82, 2.24) is 14.7 Å². The van der Waals surface area contributed by atoms with Crippen LogP contribution in [0.2, 0.25) is 5.02 Å². The number of carbonyl (C=O) groups is 1. The molecule has 0 saturated carbocycles. The molecule has 1 aromatic heterocycles. The van der Waals surface area contributed by atoms with Crippen molar-refractivity contribution >= 4 is 17.5 Å². The lowest BCUT2D eigenvalue weighted by Gasteiger charge is -2.35. The molecular weight excluding hydrogens is 374 g/mol. The Hall–Kier alpha value is -2.63. The van der Waals surface area contributed by atoms with Crippen molar-refractivity contribution in [2.24, 2.45) is 0 Å². The Balaban J connectivity index is 1.80. The fraction of sp³-hybridized carbons (Fsp3) is 0.273. The topological polar surface area (TPSA) is 47.4 Å². The molecule has 1 saturated heterocycles. The highest BCUT2D eigenvalue weighted by molar-refractivity contribution is 6.32. The molecule has 1 amide bonds. The largest absolute Gasteiger partial charge is 0.372 e. The number of aromatic nitrogens is 2. The monoisotopic (exact) mass is 395 g/mol. The first-order valence-corrected chi connectivity index (χ1v) is 9.76. The number of rotatable bonds is 3. The predicted molar refractivity (Wildman–Crippen MR) is 110 cm³/mol. The van der Waals surface area contributed by atoms with Crippen LogP contribution in [-0.4, -0.2) is 45.9 Å². The van der Waals surface area contributed by atoms with Gasteiger partial charge < -0.3 is 9.64 Å². The molecule has 1 fully saturated rings. The average Bonchev–Trinajstić information content (AvgIpc) is 3.13. The maximum atomic E-state index is 13.4. The summed E-state index contributed by atoms with van der Waals surface area (Å²) < 4.78 is 7.42. The first kappa shape index (κ1) is 18.7. The van der Waals surface area contributed by atoms with Gasteiger partial charge in [-0.1, -0.05) is 54.1 Å². The minimum atomic E-state index is -0.0726. The standard InChI is InChI=1S/C22H22ClN3O2/c1-15-13-25(14-16(2)28-15)22(27)21-12-19(17-8-4-3-5-9-17)24-26(21)20-11-7-6-10-18(20)23/h3-12,15-16H,13-14H2,1-2H3. The molecule has 2 aromatic carbocycles. The van der Waals surface area contributed by atoms with E-state index < -0.39 is 0 Å². The van der Waals surface area contributed by atoms with Crippen LogP contribution in [0.3, 0.4) is 0 Å². The first-order valence-electron chi connectivity index (χ1n) is 9.38. The number of ether oxygens (including phenoxy) is 1. The van der Waals surface area contributed by atoms with E-state index in [2.05, 4.69) is 0 Å². The van der Waals surface area contributed by atoms with Crippen LogP contribution in [0.5, 0.6) is 0 Å². The lowest BCUT2D eigenvalue weighted by atomic mass is 10.1. The summed E-state index contributed by atoms with van der Waals surface area (Å²) in [4.78, 5) is 15.2. The normalized spacial score (nSPS) is 19.6. The smallest absolute Gasteiger partial charge is 0.272 e. The van der Waals surface area contributed by atoms with Crippen molar-refractivity contribution in [3.8, 4) is 16.9 Å². The number of para-hydroxylation sites is 1. The zero-order chi connectivity index (χ0) is 19.7. The summed E-state index contributed by atoms with van der Waals surface area (Å²) in [6.45, 7) is 5.07. The second-order valence-electron chi connectivity index (χ2n) is 7.11. The average molecular weight is 396 g/mol. The summed E-state index contributed by atoms with van der Waals surface area (Å²) >= 11 is 6.42. The molecule has 2 atom stereocenters. The molecular formula is C22H22ClN3O2. The van der Waals surface area contributed by atoms with Gasteiger partial charge in [0.15, 0.2) is 0 Å². The molecule has 144 valence electrons. The van der Waals surface area contributed by atoms with Gasteiger partial charge in [-0.3, -0.25) is 4.79 Å². The molecule has 0 spiro atoms. The fourth-order valence-corrected chi connectivity index (χ4v) is 3.81. The third-order valence-electron chi connectivity index (χ3n) is 4.79. The molecule has 0 N–H and O–H groups in total. The molecule has 0 aliphatic carbocycles. The first-order chi connectivity index (χ1) is 13.5. The van der Waals surface area contributed by atoms with E-state index in [1.807, 2.05) is 73.3 Å². The van der Waals surface area contributed by atoms with Crippen LogP contribution in [-0.2, 0) is 4.74 Å². The molecule has 0 bridgehead atoms. The SMILES string of the molecule is CC1CN(C(=O)c2cc(-c3ccccc3)nn2-c2ccccc2Cl)CC(C)O1. The van der Waals surface area contributed by atoms with Crippen molar-refractivity contribution in [3.05, 3.63) is 71.4 Å². The van der Waals surface area contributed by atoms with Gasteiger partial charge >= 0.3 is 0 Å². The van der Waals surface area contributed by atoms with E-state index in [0.717, 1.165) is 11.3 Å². The Kier molecular flexibility index (Phi) is 5.20. The van der Waals surface area contributed by atoms with Gasteiger partial charge in [0.2, 0.25) is 0 Å². The van der Waals surface area contributed by atoms with Gasteiger partial charge in [0.1, 0.15) is 5.69 Å². The molecule has 4 rings (SSSR count). The van der Waals surface area contributed by atoms with E-state index in [4.69, 9.17) is 21.4 Å². The number of benzene rings is 2. The summed E-state index contributed by atoms with van der Waals surface area (Å²) in [6, 6.07) is 19.1. The third-order valence-corrected chi connectivity index (χ3v) is 5.11. The van der Waals surface area contributed by atoms with Crippen LogP contribution < -0.4 is 0 Å². The Morgan fingerprint density at radius 1 is 1.04 bits per heavy atom.